The van der Waals surface area contributed by atoms with Crippen LogP contribution >= 0.6 is 39.1 Å². The van der Waals surface area contributed by atoms with E-state index in [0.29, 0.717) is 23.3 Å². The number of likely N-dealkylation sites (tertiary alicyclic amines) is 3. The van der Waals surface area contributed by atoms with E-state index in [1.807, 2.05) is 206 Å². The molecule has 0 bridgehead atoms. The molecule has 2 unspecified atom stereocenters. The molecule has 6 aromatic carbocycles. The van der Waals surface area contributed by atoms with E-state index in [-0.39, 0.29) is 83.4 Å². The van der Waals surface area contributed by atoms with Gasteiger partial charge in [-0.25, -0.2) is 0 Å². The van der Waals surface area contributed by atoms with Crippen molar-refractivity contribution in [3.8, 4) is 23.0 Å². The predicted octanol–water partition coefficient (Wildman–Crippen LogP) is 11.5. The topological polar surface area (TPSA) is 291 Å². The first kappa shape index (κ1) is 95.5. The SMILES string of the molecule is BrCCCOc1ccccc1.COC(=O)C1CCN(CCCOc2ccccc2)CC1.COC(=O)C1CCNCC1.NC(c1ccc(Cl)cc1)c1ccccn1.O.O=C(NC(c1ccc(Cl)cc1)c1ccccn1)C1CCN(CCCOc2ccccc2)CC1.O=C(O)C1CCN(CCCOc2ccccc2)CC1.[Li+].[OH-]. The number of piperidine rings is 4. The van der Waals surface area contributed by atoms with E-state index < -0.39 is 5.97 Å². The van der Waals surface area contributed by atoms with Gasteiger partial charge in [-0.2, -0.15) is 0 Å². The standard InChI is InChI=1S/C27H30ClN3O2.C16H23NO3.C15H21NO3.C12H11ClN2.C9H11BrO.C7H13NO2.Li.2H2O/c28-23-12-10-21(11-13-23)26(25-9-4-5-16-29-25)30-27(32)22-14-18-31(19-15-22)17-6-20-33-24-7-2-1-3-8-24;1-19-16(18)14-8-11-17(12-9-14)10-5-13-20-15-6-3-2-4-7-15;17-15(18)13-7-10-16(11-8-13)9-4-12-19-14-5-2-1-3-6-14;13-10-6-4-9(5-7-10)12(14)11-3-1-2-8-15-11;10-7-4-8-11-9-5-2-1-3-6-9;1-10-7(9)6-2-4-8-5-3-6;;;/h1-5,7-13,16,22,26H,6,14-15,17-20H2,(H,30,32);2-4,6-7,14H,5,8-13H2,1H3;1-3,5-6,13H,4,7-12H2,(H,17,18);1-8,12H,14H2;1-3,5-6H,4,7-8H2;6,8H,2-5H2,1H3;;2*1H2/q;;;;;;+1;;/p-1. The number of nitrogens with one attached hydrogen (secondary N) is 2. The Hall–Kier alpha value is -7.92. The van der Waals surface area contributed by atoms with Gasteiger partial charge < -0.3 is 75.5 Å². The van der Waals surface area contributed by atoms with E-state index in [9.17, 15) is 19.2 Å². The number of carbonyl (C=O) groups is 4. The summed E-state index contributed by atoms with van der Waals surface area (Å²) in [5.74, 6) is 3.15. The molecule has 25 heteroatoms. The van der Waals surface area contributed by atoms with Crippen LogP contribution in [-0.4, -0.2) is 183 Å². The molecule has 21 nitrogen and oxygen atoms in total. The number of esters is 2. The average Bonchev–Trinajstić information content (AvgIpc) is 0.847. The first-order valence-electron chi connectivity index (χ1n) is 37.7. The smallest absolute Gasteiger partial charge is 0.870 e. The van der Waals surface area contributed by atoms with Crippen LogP contribution in [0.3, 0.4) is 0 Å². The minimum Gasteiger partial charge on any atom is -0.870 e. The number of methoxy groups -OCH3 is 2. The number of nitrogens with zero attached hydrogens (tertiary/aromatic N) is 5. The third kappa shape index (κ3) is 38.0. The van der Waals surface area contributed by atoms with Crippen LogP contribution in [0.4, 0.5) is 0 Å². The number of para-hydroxylation sites is 4. The van der Waals surface area contributed by atoms with Crippen molar-refractivity contribution < 1.29 is 82.5 Å². The van der Waals surface area contributed by atoms with Gasteiger partial charge in [0.1, 0.15) is 23.0 Å². The van der Waals surface area contributed by atoms with Crippen molar-refractivity contribution in [1.29, 1.82) is 0 Å². The number of carbonyl (C=O) groups excluding carboxylic acids is 3. The maximum Gasteiger partial charge on any atom is 1.00 e. The van der Waals surface area contributed by atoms with Crippen molar-refractivity contribution in [1.82, 2.24) is 35.3 Å². The van der Waals surface area contributed by atoms with Gasteiger partial charge in [-0.1, -0.05) is 148 Å². The van der Waals surface area contributed by atoms with Crippen molar-refractivity contribution in [3.63, 3.8) is 0 Å². The minimum absolute atomic E-state index is 0. The maximum atomic E-state index is 13.1. The number of amides is 1. The summed E-state index contributed by atoms with van der Waals surface area (Å²) in [5.41, 5.74) is 9.73. The summed E-state index contributed by atoms with van der Waals surface area (Å²) in [4.78, 5) is 62.2. The van der Waals surface area contributed by atoms with E-state index in [1.165, 1.54) is 14.2 Å². The molecule has 1 amide bonds. The number of ether oxygens (including phenoxy) is 6. The van der Waals surface area contributed by atoms with E-state index >= 15 is 0 Å². The van der Waals surface area contributed by atoms with Crippen LogP contribution in [0.15, 0.2) is 219 Å². The molecule has 6 heterocycles. The van der Waals surface area contributed by atoms with Crippen LogP contribution in [0.5, 0.6) is 23.0 Å². The summed E-state index contributed by atoms with van der Waals surface area (Å²) < 4.78 is 31.9. The number of carboxylic acids is 1. The molecule has 4 saturated heterocycles. The van der Waals surface area contributed by atoms with Gasteiger partial charge in [-0.3, -0.25) is 29.1 Å². The van der Waals surface area contributed by atoms with E-state index in [1.54, 1.807) is 12.4 Å². The molecule has 111 heavy (non-hydrogen) atoms. The molecule has 4 fully saturated rings. The van der Waals surface area contributed by atoms with Gasteiger partial charge in [0.25, 0.3) is 0 Å². The number of hydrogen-bond donors (Lipinski definition) is 4. The molecule has 12 rings (SSSR count). The third-order valence-electron chi connectivity index (χ3n) is 18.8. The second-order valence-corrected chi connectivity index (χ2v) is 28.2. The molecule has 0 radical (unpaired) electrons. The summed E-state index contributed by atoms with van der Waals surface area (Å²) in [6.07, 6.45) is 14.4. The molecule has 0 spiro atoms. The zero-order valence-electron chi connectivity index (χ0n) is 64.5. The molecule has 8 aromatic rings. The molecule has 4 aliphatic rings. The fourth-order valence-corrected chi connectivity index (χ4v) is 13.0. The van der Waals surface area contributed by atoms with E-state index in [0.717, 1.165) is 213 Å². The monoisotopic (exact) mass is 1620 g/mol. The first-order valence-corrected chi connectivity index (χ1v) is 39.6. The van der Waals surface area contributed by atoms with Crippen LogP contribution in [0.2, 0.25) is 10.0 Å². The number of rotatable bonds is 28. The van der Waals surface area contributed by atoms with E-state index in [4.69, 9.17) is 57.7 Å². The summed E-state index contributed by atoms with van der Waals surface area (Å²) in [7, 11) is 2.92. The van der Waals surface area contributed by atoms with Gasteiger partial charge in [0.15, 0.2) is 0 Å². The van der Waals surface area contributed by atoms with Gasteiger partial charge in [0.2, 0.25) is 5.91 Å². The van der Waals surface area contributed by atoms with Gasteiger partial charge in [-0.05, 0) is 238 Å². The predicted molar refractivity (Wildman–Crippen MR) is 438 cm³/mol. The van der Waals surface area contributed by atoms with Crippen molar-refractivity contribution in [2.24, 2.45) is 29.4 Å². The number of hydrogen-bond acceptors (Lipinski definition) is 18. The van der Waals surface area contributed by atoms with E-state index in [2.05, 4.69) is 56.0 Å². The van der Waals surface area contributed by atoms with Crippen LogP contribution in [0.1, 0.15) is 112 Å². The molecule has 2 aromatic heterocycles. The van der Waals surface area contributed by atoms with Gasteiger partial charge in [0, 0.05) is 53.3 Å². The second-order valence-electron chi connectivity index (χ2n) is 26.5. The quantitative estimate of drug-likeness (QED) is 0.0153. The Morgan fingerprint density at radius 3 is 1.16 bits per heavy atom. The Morgan fingerprint density at radius 2 is 0.811 bits per heavy atom. The van der Waals surface area contributed by atoms with Crippen LogP contribution in [0.25, 0.3) is 0 Å². The van der Waals surface area contributed by atoms with Crippen molar-refractivity contribution in [2.75, 3.05) is 118 Å². The van der Waals surface area contributed by atoms with Gasteiger partial charge in [-0.15, -0.1) is 0 Å². The molecule has 596 valence electrons. The molecule has 0 aliphatic carbocycles. The Bertz CT molecular complexity index is 3690. The number of aromatic nitrogens is 2. The zero-order chi connectivity index (χ0) is 76.6. The maximum absolute atomic E-state index is 13.1. The average molecular weight is 1620 g/mol. The largest absolute Gasteiger partial charge is 1.00 e. The number of alkyl halides is 1. The molecule has 8 N–H and O–H groups in total. The third-order valence-corrected chi connectivity index (χ3v) is 19.8. The van der Waals surface area contributed by atoms with Crippen LogP contribution < -0.4 is 54.2 Å². The minimum atomic E-state index is -0.646. The summed E-state index contributed by atoms with van der Waals surface area (Å²) >= 11 is 15.2. The number of aliphatic carboxylic acids is 1. The fraction of sp³-hybridized carbons (Fsp3) is 0.419. The summed E-state index contributed by atoms with van der Waals surface area (Å²) in [6.45, 7) is 13.4. The molecule has 0 saturated carbocycles. The van der Waals surface area contributed by atoms with Gasteiger partial charge >= 0.3 is 36.8 Å². The van der Waals surface area contributed by atoms with Crippen LogP contribution in [-0.2, 0) is 28.7 Å². The van der Waals surface area contributed by atoms with Crippen molar-refractivity contribution >= 4 is 62.9 Å². The van der Waals surface area contributed by atoms with Crippen LogP contribution in [0, 0.1) is 23.7 Å². The van der Waals surface area contributed by atoms with Crippen molar-refractivity contribution in [3.05, 3.63) is 251 Å². The molecule has 4 aliphatic heterocycles. The number of benzene rings is 6. The summed E-state index contributed by atoms with van der Waals surface area (Å²) in [6, 6.07) is 65.6. The first-order chi connectivity index (χ1) is 52.8. The normalized spacial score (nSPS) is 15.1. The Balaban J connectivity index is 0.000000293. The number of nitrogens with two attached hydrogens (primary N) is 1. The van der Waals surface area contributed by atoms with Crippen molar-refractivity contribution in [2.45, 2.75) is 89.1 Å². The number of pyridine rings is 2. The molecule has 2 atom stereocenters. The second kappa shape index (κ2) is 57.2. The van der Waals surface area contributed by atoms with Gasteiger partial charge in [0.05, 0.1) is 81.9 Å². The Kier molecular flexibility index (Phi) is 49.2. The fourth-order valence-electron chi connectivity index (χ4n) is 12.5. The zero-order valence-corrected chi connectivity index (χ0v) is 67.6. The summed E-state index contributed by atoms with van der Waals surface area (Å²) in [5, 5.41) is 17.7. The number of carboxylic acid groups (broad SMARTS) is 1. The Morgan fingerprint density at radius 1 is 0.477 bits per heavy atom. The molecular formula is C86H112BrCl2LiN8O13. The number of halogens is 3. The Labute approximate surface area is 686 Å². The molecular weight excluding hydrogens is 1510 g/mol.